The summed E-state index contributed by atoms with van der Waals surface area (Å²) in [7, 11) is 0. The van der Waals surface area contributed by atoms with Gasteiger partial charge in [-0.2, -0.15) is 8.78 Å². The molecule has 0 aliphatic rings. The number of anilines is 2. The Morgan fingerprint density at radius 2 is 1.94 bits per heavy atom. The first-order chi connectivity index (χ1) is 7.75. The lowest BCUT2D eigenvalue weighted by atomic mass is 10.1. The molecule has 0 heterocycles. The van der Waals surface area contributed by atoms with Gasteiger partial charge >= 0.3 is 18.3 Å². The van der Waals surface area contributed by atoms with Crippen LogP contribution in [0.15, 0.2) is 18.2 Å². The Kier molecular flexibility index (Phi) is 5.41. The molecule has 102 valence electrons. The molecule has 3 N–H and O–H groups in total. The first-order valence-corrected chi connectivity index (χ1v) is 4.58. The van der Waals surface area contributed by atoms with Gasteiger partial charge in [0, 0.05) is 11.4 Å². The molecule has 1 aromatic rings. The SMILES string of the molecule is Cc1ccc(N)cc1NC(=O)C(F)(F)C(F)F.Cl. The Morgan fingerprint density at radius 1 is 1.39 bits per heavy atom. The molecule has 0 fully saturated rings. The molecule has 0 aromatic heterocycles. The lowest BCUT2D eigenvalue weighted by molar-refractivity contribution is -0.163. The van der Waals surface area contributed by atoms with Crippen LogP contribution in [-0.4, -0.2) is 18.3 Å². The number of halogens is 5. The molecule has 0 unspecified atom stereocenters. The van der Waals surface area contributed by atoms with Crippen LogP contribution in [0.1, 0.15) is 5.56 Å². The van der Waals surface area contributed by atoms with E-state index in [1.165, 1.54) is 25.1 Å². The lowest BCUT2D eigenvalue weighted by Gasteiger charge is -2.16. The number of benzene rings is 1. The maximum absolute atomic E-state index is 12.7. The number of alkyl halides is 4. The summed E-state index contributed by atoms with van der Waals surface area (Å²) in [6.07, 6.45) is -4.05. The molecule has 1 rings (SSSR count). The average molecular weight is 287 g/mol. The highest BCUT2D eigenvalue weighted by molar-refractivity contribution is 5.97. The van der Waals surface area contributed by atoms with Crippen molar-refractivity contribution in [2.75, 3.05) is 11.1 Å². The number of carbonyl (C=O) groups is 1. The van der Waals surface area contributed by atoms with Gasteiger partial charge in [0.2, 0.25) is 0 Å². The van der Waals surface area contributed by atoms with E-state index in [9.17, 15) is 22.4 Å². The Labute approximate surface area is 107 Å². The fourth-order valence-electron chi connectivity index (χ4n) is 1.08. The second kappa shape index (κ2) is 5.90. The Balaban J connectivity index is 0.00000289. The van der Waals surface area contributed by atoms with Crippen molar-refractivity contribution in [1.29, 1.82) is 0 Å². The highest BCUT2D eigenvalue weighted by atomic mass is 35.5. The van der Waals surface area contributed by atoms with Crippen molar-refractivity contribution in [3.63, 3.8) is 0 Å². The van der Waals surface area contributed by atoms with Gasteiger partial charge < -0.3 is 11.1 Å². The molecule has 1 aromatic carbocycles. The molecule has 0 spiro atoms. The average Bonchev–Trinajstić information content (AvgIpc) is 2.23. The van der Waals surface area contributed by atoms with Crippen molar-refractivity contribution in [1.82, 2.24) is 0 Å². The second-order valence-electron chi connectivity index (χ2n) is 3.45. The van der Waals surface area contributed by atoms with Crippen molar-refractivity contribution in [2.24, 2.45) is 0 Å². The third-order valence-corrected chi connectivity index (χ3v) is 2.09. The number of hydrogen-bond donors (Lipinski definition) is 2. The first-order valence-electron chi connectivity index (χ1n) is 4.58. The smallest absolute Gasteiger partial charge is 0.383 e. The van der Waals surface area contributed by atoms with E-state index in [2.05, 4.69) is 0 Å². The van der Waals surface area contributed by atoms with Crippen LogP contribution in [0.25, 0.3) is 0 Å². The molecule has 0 bridgehead atoms. The number of aryl methyl sites for hydroxylation is 1. The summed E-state index contributed by atoms with van der Waals surface area (Å²) in [5.41, 5.74) is 6.04. The highest BCUT2D eigenvalue weighted by Gasteiger charge is 2.49. The first kappa shape index (κ1) is 16.5. The Hall–Kier alpha value is -1.50. The summed E-state index contributed by atoms with van der Waals surface area (Å²) in [4.78, 5) is 11.0. The van der Waals surface area contributed by atoms with E-state index in [0.29, 0.717) is 5.56 Å². The van der Waals surface area contributed by atoms with Gasteiger partial charge in [-0.05, 0) is 24.6 Å². The topological polar surface area (TPSA) is 55.1 Å². The van der Waals surface area contributed by atoms with E-state index in [-0.39, 0.29) is 23.8 Å². The zero-order valence-corrected chi connectivity index (χ0v) is 10.0. The molecule has 8 heteroatoms. The fourth-order valence-corrected chi connectivity index (χ4v) is 1.08. The quantitative estimate of drug-likeness (QED) is 0.663. The van der Waals surface area contributed by atoms with Gasteiger partial charge in [-0.1, -0.05) is 6.07 Å². The number of amides is 1. The number of carbonyl (C=O) groups excluding carboxylic acids is 1. The summed E-state index contributed by atoms with van der Waals surface area (Å²) in [5, 5.41) is 1.72. The van der Waals surface area contributed by atoms with Gasteiger partial charge in [0.25, 0.3) is 0 Å². The third-order valence-electron chi connectivity index (χ3n) is 2.09. The molecular weight excluding hydrogens is 276 g/mol. The van der Waals surface area contributed by atoms with Gasteiger partial charge in [0.1, 0.15) is 0 Å². The molecule has 0 atom stereocenters. The van der Waals surface area contributed by atoms with Crippen LogP contribution in [0, 0.1) is 6.92 Å². The predicted octanol–water partition coefficient (Wildman–Crippen LogP) is 2.84. The maximum atomic E-state index is 12.7. The van der Waals surface area contributed by atoms with Crippen molar-refractivity contribution >= 4 is 29.7 Å². The molecule has 1 amide bonds. The van der Waals surface area contributed by atoms with Crippen LogP contribution in [-0.2, 0) is 4.79 Å². The van der Waals surface area contributed by atoms with Gasteiger partial charge in [-0.3, -0.25) is 4.79 Å². The van der Waals surface area contributed by atoms with Gasteiger partial charge in [-0.15, -0.1) is 12.4 Å². The van der Waals surface area contributed by atoms with Crippen LogP contribution in [0.4, 0.5) is 28.9 Å². The highest BCUT2D eigenvalue weighted by Crippen LogP contribution is 2.26. The Bertz CT molecular complexity index is 440. The molecule has 3 nitrogen and oxygen atoms in total. The monoisotopic (exact) mass is 286 g/mol. The molecular formula is C10H11ClF4N2O. The summed E-state index contributed by atoms with van der Waals surface area (Å²) in [6.45, 7) is 1.52. The maximum Gasteiger partial charge on any atom is 0.383 e. The minimum absolute atomic E-state index is 0. The van der Waals surface area contributed by atoms with Crippen LogP contribution in [0.3, 0.4) is 0 Å². The number of hydrogen-bond acceptors (Lipinski definition) is 2. The third kappa shape index (κ3) is 3.49. The number of nitrogen functional groups attached to an aromatic ring is 1. The number of nitrogens with one attached hydrogen (secondary N) is 1. The van der Waals surface area contributed by atoms with Crippen molar-refractivity contribution in [3.8, 4) is 0 Å². The van der Waals surface area contributed by atoms with Crippen LogP contribution in [0.2, 0.25) is 0 Å². The zero-order valence-electron chi connectivity index (χ0n) is 9.22. The van der Waals surface area contributed by atoms with E-state index in [0.717, 1.165) is 0 Å². The van der Waals surface area contributed by atoms with Gasteiger partial charge in [-0.25, -0.2) is 8.78 Å². The van der Waals surface area contributed by atoms with E-state index in [4.69, 9.17) is 5.73 Å². The Morgan fingerprint density at radius 3 is 2.44 bits per heavy atom. The zero-order chi connectivity index (χ0) is 13.2. The van der Waals surface area contributed by atoms with Crippen molar-refractivity contribution in [3.05, 3.63) is 23.8 Å². The second-order valence-corrected chi connectivity index (χ2v) is 3.45. The van der Waals surface area contributed by atoms with E-state index in [1.807, 2.05) is 0 Å². The fraction of sp³-hybridized carbons (Fsp3) is 0.300. The van der Waals surface area contributed by atoms with E-state index < -0.39 is 18.3 Å². The van der Waals surface area contributed by atoms with Gasteiger partial charge in [0.15, 0.2) is 0 Å². The summed E-state index contributed by atoms with van der Waals surface area (Å²) < 4.78 is 49.1. The van der Waals surface area contributed by atoms with Gasteiger partial charge in [0.05, 0.1) is 0 Å². The normalized spacial score (nSPS) is 11.0. The van der Waals surface area contributed by atoms with E-state index in [1.54, 1.807) is 5.32 Å². The molecule has 0 aliphatic heterocycles. The van der Waals surface area contributed by atoms with Crippen LogP contribution >= 0.6 is 12.4 Å². The van der Waals surface area contributed by atoms with Crippen LogP contribution < -0.4 is 11.1 Å². The standard InChI is InChI=1S/C10H10F4N2O.ClH/c1-5-2-3-6(15)4-7(5)16-9(17)10(13,14)8(11)12;/h2-4,8H,15H2,1H3,(H,16,17);1H. The molecule has 0 saturated heterocycles. The largest absolute Gasteiger partial charge is 0.399 e. The molecule has 18 heavy (non-hydrogen) atoms. The molecule has 0 radical (unpaired) electrons. The van der Waals surface area contributed by atoms with Crippen LogP contribution in [0.5, 0.6) is 0 Å². The summed E-state index contributed by atoms with van der Waals surface area (Å²) in [6, 6.07) is 4.19. The van der Waals surface area contributed by atoms with Crippen molar-refractivity contribution < 1.29 is 22.4 Å². The molecule has 0 saturated carbocycles. The lowest BCUT2D eigenvalue weighted by Crippen LogP contribution is -2.41. The predicted molar refractivity (Wildman–Crippen MR) is 62.4 cm³/mol. The summed E-state index contributed by atoms with van der Waals surface area (Å²) in [5.74, 6) is -6.78. The van der Waals surface area contributed by atoms with E-state index >= 15 is 0 Å². The summed E-state index contributed by atoms with van der Waals surface area (Å²) >= 11 is 0. The number of nitrogens with two attached hydrogens (primary N) is 1. The van der Waals surface area contributed by atoms with Crippen molar-refractivity contribution in [2.45, 2.75) is 19.3 Å². The molecule has 0 aliphatic carbocycles. The minimum atomic E-state index is -4.73. The number of rotatable bonds is 3. The minimum Gasteiger partial charge on any atom is -0.399 e.